The molecule has 1 saturated heterocycles. The highest BCUT2D eigenvalue weighted by atomic mass is 16.5. The number of rotatable bonds is 3. The lowest BCUT2D eigenvalue weighted by atomic mass is 10.1. The molecule has 0 aliphatic carbocycles. The zero-order valence-corrected chi connectivity index (χ0v) is 14.0. The number of morpholine rings is 1. The predicted molar refractivity (Wildman–Crippen MR) is 96.1 cm³/mol. The van der Waals surface area contributed by atoms with Crippen LogP contribution < -0.4 is 10.2 Å². The molecule has 1 fully saturated rings. The van der Waals surface area contributed by atoms with Gasteiger partial charge >= 0.3 is 0 Å². The number of anilines is 2. The molecule has 0 spiro atoms. The molecule has 0 radical (unpaired) electrons. The minimum Gasteiger partial charge on any atom is -0.378 e. The van der Waals surface area contributed by atoms with Gasteiger partial charge in [-0.2, -0.15) is 5.10 Å². The molecule has 3 aromatic rings. The molecule has 2 aromatic heterocycles. The molecular weight excluding hydrogens is 318 g/mol. The number of ether oxygens (including phenoxy) is 1. The number of hydrogen-bond acceptors (Lipinski definition) is 5. The van der Waals surface area contributed by atoms with E-state index in [0.717, 1.165) is 40.9 Å². The standard InChI is InChI=1S/C18H19N5O2/c1-12-8-13-11-20-22-16(13)10-15(12)21-18(24)17-9-14(2-3-19-17)23-4-6-25-7-5-23/h2-3,8-11H,4-7H2,1H3,(H,20,22)(H,21,24). The van der Waals surface area contributed by atoms with Crippen molar-refractivity contribution in [2.45, 2.75) is 6.92 Å². The van der Waals surface area contributed by atoms with Gasteiger partial charge in [0.2, 0.25) is 0 Å². The summed E-state index contributed by atoms with van der Waals surface area (Å²) in [6, 6.07) is 7.63. The number of aromatic amines is 1. The number of nitrogens with one attached hydrogen (secondary N) is 2. The van der Waals surface area contributed by atoms with Crippen molar-refractivity contribution in [3.8, 4) is 0 Å². The number of hydrogen-bond donors (Lipinski definition) is 2. The maximum absolute atomic E-state index is 12.6. The average Bonchev–Trinajstić information content (AvgIpc) is 3.10. The summed E-state index contributed by atoms with van der Waals surface area (Å²) in [5, 5.41) is 10.9. The molecule has 25 heavy (non-hydrogen) atoms. The molecule has 3 heterocycles. The van der Waals surface area contributed by atoms with Crippen molar-refractivity contribution in [2.75, 3.05) is 36.5 Å². The summed E-state index contributed by atoms with van der Waals surface area (Å²) in [6.45, 7) is 5.00. The van der Waals surface area contributed by atoms with Crippen molar-refractivity contribution in [1.82, 2.24) is 15.2 Å². The summed E-state index contributed by atoms with van der Waals surface area (Å²) in [5.41, 5.74) is 4.00. The molecule has 0 unspecified atom stereocenters. The number of pyridine rings is 1. The Balaban J connectivity index is 1.56. The van der Waals surface area contributed by atoms with Gasteiger partial charge in [0.15, 0.2) is 0 Å². The van der Waals surface area contributed by atoms with Gasteiger partial charge in [0, 0.05) is 36.0 Å². The fourth-order valence-corrected chi connectivity index (χ4v) is 2.99. The molecular formula is C18H19N5O2. The highest BCUT2D eigenvalue weighted by molar-refractivity contribution is 6.04. The number of fused-ring (bicyclic) bond motifs is 1. The van der Waals surface area contributed by atoms with Gasteiger partial charge < -0.3 is 15.0 Å². The number of nitrogens with zero attached hydrogens (tertiary/aromatic N) is 3. The SMILES string of the molecule is Cc1cc2cn[nH]c2cc1NC(=O)c1cc(N2CCOCC2)ccn1. The van der Waals surface area contributed by atoms with Crippen LogP contribution >= 0.6 is 0 Å². The number of carbonyl (C=O) groups is 1. The molecule has 0 bridgehead atoms. The third-order valence-electron chi connectivity index (χ3n) is 4.39. The van der Waals surface area contributed by atoms with Crippen LogP contribution in [-0.2, 0) is 4.74 Å². The lowest BCUT2D eigenvalue weighted by Gasteiger charge is -2.28. The molecule has 0 atom stereocenters. The number of benzene rings is 1. The van der Waals surface area contributed by atoms with Crippen LogP contribution in [0.1, 0.15) is 16.1 Å². The van der Waals surface area contributed by atoms with E-state index in [1.165, 1.54) is 0 Å². The first-order valence-electron chi connectivity index (χ1n) is 8.24. The number of aromatic nitrogens is 3. The zero-order chi connectivity index (χ0) is 17.2. The largest absolute Gasteiger partial charge is 0.378 e. The third kappa shape index (κ3) is 3.18. The highest BCUT2D eigenvalue weighted by Gasteiger charge is 2.15. The quantitative estimate of drug-likeness (QED) is 0.766. The van der Waals surface area contributed by atoms with Crippen LogP contribution in [0.25, 0.3) is 10.9 Å². The number of aryl methyl sites for hydroxylation is 1. The van der Waals surface area contributed by atoms with Crippen LogP contribution in [0.15, 0.2) is 36.7 Å². The summed E-state index contributed by atoms with van der Waals surface area (Å²) in [7, 11) is 0. The van der Waals surface area contributed by atoms with Crippen LogP contribution in [-0.4, -0.2) is 47.4 Å². The van der Waals surface area contributed by atoms with E-state index in [1.807, 2.05) is 31.2 Å². The van der Waals surface area contributed by atoms with Crippen LogP contribution in [0.2, 0.25) is 0 Å². The van der Waals surface area contributed by atoms with Gasteiger partial charge in [-0.3, -0.25) is 14.9 Å². The predicted octanol–water partition coefficient (Wildman–Crippen LogP) is 2.36. The maximum atomic E-state index is 12.6. The molecule has 1 aromatic carbocycles. The van der Waals surface area contributed by atoms with Gasteiger partial charge in [-0.05, 0) is 36.8 Å². The molecule has 0 saturated carbocycles. The number of H-pyrrole nitrogens is 1. The van der Waals surface area contributed by atoms with Crippen molar-refractivity contribution in [1.29, 1.82) is 0 Å². The van der Waals surface area contributed by atoms with Crippen LogP contribution in [0.5, 0.6) is 0 Å². The van der Waals surface area contributed by atoms with Gasteiger partial charge in [-0.1, -0.05) is 0 Å². The van der Waals surface area contributed by atoms with E-state index < -0.39 is 0 Å². The fourth-order valence-electron chi connectivity index (χ4n) is 2.99. The van der Waals surface area contributed by atoms with Gasteiger partial charge in [0.1, 0.15) is 5.69 Å². The Hall–Kier alpha value is -2.93. The second kappa shape index (κ2) is 6.52. The lowest BCUT2D eigenvalue weighted by Crippen LogP contribution is -2.36. The molecule has 7 nitrogen and oxygen atoms in total. The Morgan fingerprint density at radius 3 is 2.96 bits per heavy atom. The van der Waals surface area contributed by atoms with Gasteiger partial charge in [0.25, 0.3) is 5.91 Å². The van der Waals surface area contributed by atoms with E-state index in [9.17, 15) is 4.79 Å². The molecule has 128 valence electrons. The van der Waals surface area contributed by atoms with E-state index in [0.29, 0.717) is 18.9 Å². The number of carbonyl (C=O) groups excluding carboxylic acids is 1. The maximum Gasteiger partial charge on any atom is 0.274 e. The smallest absolute Gasteiger partial charge is 0.274 e. The molecule has 4 rings (SSSR count). The normalized spacial score (nSPS) is 14.7. The molecule has 7 heteroatoms. The first-order valence-corrected chi connectivity index (χ1v) is 8.24. The summed E-state index contributed by atoms with van der Waals surface area (Å²) in [5.74, 6) is -0.225. The van der Waals surface area contributed by atoms with Crippen molar-refractivity contribution in [3.63, 3.8) is 0 Å². The Morgan fingerprint density at radius 2 is 2.12 bits per heavy atom. The van der Waals surface area contributed by atoms with Crippen molar-refractivity contribution in [2.24, 2.45) is 0 Å². The van der Waals surface area contributed by atoms with Crippen molar-refractivity contribution in [3.05, 3.63) is 47.9 Å². The Labute approximate surface area is 145 Å². The summed E-state index contributed by atoms with van der Waals surface area (Å²) < 4.78 is 5.37. The summed E-state index contributed by atoms with van der Waals surface area (Å²) in [4.78, 5) is 19.1. The minimum absolute atomic E-state index is 0.225. The molecule has 1 aliphatic rings. The average molecular weight is 337 g/mol. The van der Waals surface area contributed by atoms with E-state index in [2.05, 4.69) is 25.4 Å². The third-order valence-corrected chi connectivity index (χ3v) is 4.39. The minimum atomic E-state index is -0.225. The molecule has 1 amide bonds. The van der Waals surface area contributed by atoms with E-state index >= 15 is 0 Å². The number of amides is 1. The van der Waals surface area contributed by atoms with Gasteiger partial charge in [0.05, 0.1) is 24.9 Å². The van der Waals surface area contributed by atoms with Gasteiger partial charge in [-0.15, -0.1) is 0 Å². The summed E-state index contributed by atoms with van der Waals surface area (Å²) >= 11 is 0. The monoisotopic (exact) mass is 337 g/mol. The lowest BCUT2D eigenvalue weighted by molar-refractivity contribution is 0.102. The zero-order valence-electron chi connectivity index (χ0n) is 14.0. The van der Waals surface area contributed by atoms with E-state index in [4.69, 9.17) is 4.74 Å². The Bertz CT molecular complexity index is 915. The van der Waals surface area contributed by atoms with Crippen LogP contribution in [0.3, 0.4) is 0 Å². The molecule has 2 N–H and O–H groups in total. The van der Waals surface area contributed by atoms with Crippen LogP contribution in [0, 0.1) is 6.92 Å². The second-order valence-electron chi connectivity index (χ2n) is 6.08. The first-order chi connectivity index (χ1) is 12.2. The van der Waals surface area contributed by atoms with Gasteiger partial charge in [-0.25, -0.2) is 0 Å². The molecule has 1 aliphatic heterocycles. The Kier molecular flexibility index (Phi) is 4.07. The highest BCUT2D eigenvalue weighted by Crippen LogP contribution is 2.23. The summed E-state index contributed by atoms with van der Waals surface area (Å²) in [6.07, 6.45) is 3.44. The Morgan fingerprint density at radius 1 is 1.28 bits per heavy atom. The second-order valence-corrected chi connectivity index (χ2v) is 6.08. The van der Waals surface area contributed by atoms with Crippen LogP contribution in [0.4, 0.5) is 11.4 Å². The first kappa shape index (κ1) is 15.6. The van der Waals surface area contributed by atoms with Crippen molar-refractivity contribution >= 4 is 28.2 Å². The van der Waals surface area contributed by atoms with E-state index in [1.54, 1.807) is 12.4 Å². The van der Waals surface area contributed by atoms with Crippen molar-refractivity contribution < 1.29 is 9.53 Å². The topological polar surface area (TPSA) is 83.1 Å². The van der Waals surface area contributed by atoms with E-state index in [-0.39, 0.29) is 5.91 Å². The fraction of sp³-hybridized carbons (Fsp3) is 0.278.